The quantitative estimate of drug-likeness (QED) is 0.396. The number of anilines is 1. The summed E-state index contributed by atoms with van der Waals surface area (Å²) >= 11 is 5.38. The van der Waals surface area contributed by atoms with Crippen LogP contribution < -0.4 is 14.4 Å². The average molecular weight is 426 g/mol. The van der Waals surface area contributed by atoms with Gasteiger partial charge in [0.1, 0.15) is 0 Å². The van der Waals surface area contributed by atoms with Crippen LogP contribution in [0.1, 0.15) is 26.3 Å². The molecule has 2 aromatic carbocycles. The summed E-state index contributed by atoms with van der Waals surface area (Å²) in [5, 5.41) is 11.7. The van der Waals surface area contributed by atoms with Crippen LogP contribution in [0.5, 0.6) is 11.5 Å². The first-order valence-corrected chi connectivity index (χ1v) is 10.4. The Morgan fingerprint density at radius 3 is 2.47 bits per heavy atom. The van der Waals surface area contributed by atoms with Gasteiger partial charge in [0, 0.05) is 24.3 Å². The van der Waals surface area contributed by atoms with E-state index in [2.05, 4.69) is 46.2 Å². The molecule has 0 atom stereocenters. The highest BCUT2D eigenvalue weighted by molar-refractivity contribution is 7.71. The third-order valence-corrected chi connectivity index (χ3v) is 4.98. The van der Waals surface area contributed by atoms with Crippen molar-refractivity contribution in [2.75, 3.05) is 31.7 Å². The normalized spacial score (nSPS) is 11.1. The Hall–Kier alpha value is -3.13. The molecular formula is C22H27N5O2S. The second kappa shape index (κ2) is 10.1. The first kappa shape index (κ1) is 21.6. The van der Waals surface area contributed by atoms with Crippen molar-refractivity contribution in [3.05, 3.63) is 52.8 Å². The Kier molecular flexibility index (Phi) is 7.24. The van der Waals surface area contributed by atoms with Crippen molar-refractivity contribution >= 4 is 24.1 Å². The Morgan fingerprint density at radius 2 is 1.83 bits per heavy atom. The van der Waals surface area contributed by atoms with E-state index in [4.69, 9.17) is 21.7 Å². The van der Waals surface area contributed by atoms with Crippen LogP contribution in [0, 0.1) is 4.77 Å². The zero-order valence-corrected chi connectivity index (χ0v) is 18.6. The lowest BCUT2D eigenvalue weighted by Gasteiger charge is -2.20. The van der Waals surface area contributed by atoms with E-state index in [-0.39, 0.29) is 0 Å². The molecule has 0 saturated heterocycles. The highest BCUT2D eigenvalue weighted by Crippen LogP contribution is 2.27. The summed E-state index contributed by atoms with van der Waals surface area (Å²) in [6.07, 6.45) is 1.72. The summed E-state index contributed by atoms with van der Waals surface area (Å²) in [4.78, 5) is 2.29. The van der Waals surface area contributed by atoms with Crippen LogP contribution in [-0.2, 0) is 0 Å². The van der Waals surface area contributed by atoms with Gasteiger partial charge in [-0.05, 0) is 81.0 Å². The van der Waals surface area contributed by atoms with Crippen LogP contribution in [0.2, 0.25) is 0 Å². The van der Waals surface area contributed by atoms with E-state index in [1.807, 2.05) is 37.3 Å². The Balaban J connectivity index is 1.89. The van der Waals surface area contributed by atoms with Gasteiger partial charge in [-0.25, -0.2) is 5.10 Å². The topological polar surface area (TPSA) is 67.7 Å². The van der Waals surface area contributed by atoms with Gasteiger partial charge in [-0.1, -0.05) is 0 Å². The van der Waals surface area contributed by atoms with E-state index in [0.717, 1.165) is 24.2 Å². The van der Waals surface area contributed by atoms with Crippen molar-refractivity contribution in [3.63, 3.8) is 0 Å². The molecule has 0 fully saturated rings. The van der Waals surface area contributed by atoms with Crippen LogP contribution in [0.25, 0.3) is 11.4 Å². The van der Waals surface area contributed by atoms with Crippen LogP contribution in [0.3, 0.4) is 0 Å². The molecule has 1 N–H and O–H groups in total. The number of hydrogen-bond donors (Lipinski definition) is 1. The number of hydrogen-bond acceptors (Lipinski definition) is 6. The second-order valence-electron chi connectivity index (χ2n) is 6.47. The van der Waals surface area contributed by atoms with Gasteiger partial charge in [-0.2, -0.15) is 14.9 Å². The van der Waals surface area contributed by atoms with Gasteiger partial charge >= 0.3 is 0 Å². The van der Waals surface area contributed by atoms with Crippen molar-refractivity contribution < 1.29 is 9.47 Å². The molecular weight excluding hydrogens is 398 g/mol. The largest absolute Gasteiger partial charge is 0.493 e. The maximum atomic E-state index is 5.56. The third-order valence-electron chi connectivity index (χ3n) is 4.71. The minimum Gasteiger partial charge on any atom is -0.493 e. The van der Waals surface area contributed by atoms with Gasteiger partial charge < -0.3 is 14.4 Å². The molecule has 8 heteroatoms. The number of H-pyrrole nitrogens is 1. The van der Waals surface area contributed by atoms with Crippen molar-refractivity contribution in [1.82, 2.24) is 14.9 Å². The molecule has 158 valence electrons. The van der Waals surface area contributed by atoms with Gasteiger partial charge in [0.15, 0.2) is 17.3 Å². The van der Waals surface area contributed by atoms with Crippen LogP contribution in [0.15, 0.2) is 47.6 Å². The number of nitrogens with one attached hydrogen (secondary N) is 1. The molecule has 0 unspecified atom stereocenters. The van der Waals surface area contributed by atoms with E-state index in [9.17, 15) is 0 Å². The van der Waals surface area contributed by atoms with Crippen molar-refractivity contribution in [2.45, 2.75) is 20.8 Å². The molecule has 0 aliphatic heterocycles. The average Bonchev–Trinajstić information content (AvgIpc) is 3.15. The molecule has 30 heavy (non-hydrogen) atoms. The fourth-order valence-electron chi connectivity index (χ4n) is 3.16. The first-order valence-electron chi connectivity index (χ1n) is 9.99. The molecule has 0 radical (unpaired) electrons. The highest BCUT2D eigenvalue weighted by atomic mass is 32.1. The fourth-order valence-corrected chi connectivity index (χ4v) is 3.34. The van der Waals surface area contributed by atoms with E-state index in [1.54, 1.807) is 18.0 Å². The molecule has 1 heterocycles. The smallest absolute Gasteiger partial charge is 0.216 e. The maximum Gasteiger partial charge on any atom is 0.216 e. The fraction of sp³-hybridized carbons (Fsp3) is 0.318. The SMILES string of the molecule is CCOc1ccc(C=Nn2c(-c3ccc(N(CC)CC)cc3)n[nH]c2=S)cc1OC. The summed E-state index contributed by atoms with van der Waals surface area (Å²) in [5.41, 5.74) is 2.97. The molecule has 3 rings (SSSR count). The minimum absolute atomic E-state index is 0.423. The third kappa shape index (κ3) is 4.71. The zero-order valence-electron chi connectivity index (χ0n) is 17.8. The summed E-state index contributed by atoms with van der Waals surface area (Å²) < 4.78 is 13.0. The van der Waals surface area contributed by atoms with E-state index in [1.165, 1.54) is 5.69 Å². The lowest BCUT2D eigenvalue weighted by molar-refractivity contribution is 0.311. The molecule has 7 nitrogen and oxygen atoms in total. The van der Waals surface area contributed by atoms with Crippen LogP contribution >= 0.6 is 12.2 Å². The van der Waals surface area contributed by atoms with Gasteiger partial charge in [0.05, 0.1) is 19.9 Å². The molecule has 0 aliphatic rings. The number of nitrogens with zero attached hydrogens (tertiary/aromatic N) is 4. The van der Waals surface area contributed by atoms with Gasteiger partial charge in [0.2, 0.25) is 4.77 Å². The molecule has 0 spiro atoms. The minimum atomic E-state index is 0.423. The second-order valence-corrected chi connectivity index (χ2v) is 6.86. The Morgan fingerprint density at radius 1 is 1.10 bits per heavy atom. The molecule has 3 aromatic rings. The molecule has 0 saturated carbocycles. The predicted molar refractivity (Wildman–Crippen MR) is 124 cm³/mol. The number of ether oxygens (including phenoxy) is 2. The summed E-state index contributed by atoms with van der Waals surface area (Å²) in [6, 6.07) is 13.9. The molecule has 0 aliphatic carbocycles. The summed E-state index contributed by atoms with van der Waals surface area (Å²) in [5.74, 6) is 2.01. The standard InChI is InChI=1S/C22H27N5O2S/c1-5-26(6-2)18-11-9-17(10-12-18)21-24-25-22(30)27(21)23-15-16-8-13-19(29-7-3)20(14-16)28-4/h8-15H,5-7H2,1-4H3,(H,25,30). The number of methoxy groups -OCH3 is 1. The van der Waals surface area contributed by atoms with Crippen molar-refractivity contribution in [3.8, 4) is 22.9 Å². The Bertz CT molecular complexity index is 1050. The number of benzene rings is 2. The summed E-state index contributed by atoms with van der Waals surface area (Å²) in [7, 11) is 1.62. The monoisotopic (exact) mass is 425 g/mol. The highest BCUT2D eigenvalue weighted by Gasteiger charge is 2.10. The maximum absolute atomic E-state index is 5.56. The Labute approximate surface area is 182 Å². The number of aromatic nitrogens is 3. The molecule has 1 aromatic heterocycles. The van der Waals surface area contributed by atoms with Gasteiger partial charge in [-0.15, -0.1) is 0 Å². The number of aromatic amines is 1. The van der Waals surface area contributed by atoms with Gasteiger partial charge in [-0.3, -0.25) is 0 Å². The van der Waals surface area contributed by atoms with E-state index in [0.29, 0.717) is 28.7 Å². The molecule has 0 bridgehead atoms. The molecule has 0 amide bonds. The van der Waals surface area contributed by atoms with E-state index >= 15 is 0 Å². The van der Waals surface area contributed by atoms with Crippen molar-refractivity contribution in [2.24, 2.45) is 5.10 Å². The number of rotatable bonds is 9. The zero-order chi connectivity index (χ0) is 21.5. The first-order chi connectivity index (χ1) is 14.6. The van der Waals surface area contributed by atoms with E-state index < -0.39 is 0 Å². The van der Waals surface area contributed by atoms with Crippen LogP contribution in [-0.4, -0.2) is 47.9 Å². The predicted octanol–water partition coefficient (Wildman–Crippen LogP) is 4.74. The lowest BCUT2D eigenvalue weighted by Crippen LogP contribution is -2.21. The van der Waals surface area contributed by atoms with Crippen LogP contribution in [0.4, 0.5) is 5.69 Å². The van der Waals surface area contributed by atoms with Crippen molar-refractivity contribution in [1.29, 1.82) is 0 Å². The van der Waals surface area contributed by atoms with Gasteiger partial charge in [0.25, 0.3) is 0 Å². The summed E-state index contributed by atoms with van der Waals surface area (Å²) in [6.45, 7) is 8.73. The lowest BCUT2D eigenvalue weighted by atomic mass is 10.2.